The van der Waals surface area contributed by atoms with Crippen LogP contribution in [-0.2, 0) is 0 Å². The Kier molecular flexibility index (Phi) is 2.87. The van der Waals surface area contributed by atoms with Crippen LogP contribution in [0.25, 0.3) is 0 Å². The Morgan fingerprint density at radius 2 is 2.06 bits per heavy atom. The highest BCUT2D eigenvalue weighted by Crippen LogP contribution is 2.20. The van der Waals surface area contributed by atoms with Gasteiger partial charge in [0, 0.05) is 0 Å². The number of amides is 1. The van der Waals surface area contributed by atoms with Crippen LogP contribution in [0, 0.1) is 13.8 Å². The van der Waals surface area contributed by atoms with Crippen molar-refractivity contribution in [1.82, 2.24) is 0 Å². The van der Waals surface area contributed by atoms with Crippen LogP contribution in [0.1, 0.15) is 21.7 Å². The Morgan fingerprint density at radius 1 is 1.29 bits per heavy atom. The van der Waals surface area contributed by atoms with Gasteiger partial charge in [0.05, 0.1) is 16.9 Å². The average molecular weight is 230 g/mol. The lowest BCUT2D eigenvalue weighted by molar-refractivity contribution is 0.102. The van der Waals surface area contributed by atoms with Crippen molar-refractivity contribution in [2.24, 2.45) is 0 Å². The Labute approximate surface area is 99.4 Å². The number of hydrogen-bond acceptors (Lipinski definition) is 3. The number of aryl methyl sites for hydroxylation is 2. The second-order valence-electron chi connectivity index (χ2n) is 3.99. The second kappa shape index (κ2) is 4.33. The molecule has 0 spiro atoms. The lowest BCUT2D eigenvalue weighted by Gasteiger charge is -2.07. The van der Waals surface area contributed by atoms with Gasteiger partial charge in [0.2, 0.25) is 0 Å². The van der Waals surface area contributed by atoms with Gasteiger partial charge in [-0.1, -0.05) is 6.07 Å². The largest absolute Gasteiger partial charge is 0.469 e. The summed E-state index contributed by atoms with van der Waals surface area (Å²) in [6.07, 6.45) is 1.43. The Bertz CT molecular complexity index is 558. The summed E-state index contributed by atoms with van der Waals surface area (Å²) >= 11 is 0. The number of benzene rings is 1. The van der Waals surface area contributed by atoms with Crippen molar-refractivity contribution in [3.63, 3.8) is 0 Å². The van der Waals surface area contributed by atoms with Crippen LogP contribution < -0.4 is 11.1 Å². The fraction of sp³-hybridized carbons (Fsp3) is 0.154. The molecule has 1 aromatic heterocycles. The summed E-state index contributed by atoms with van der Waals surface area (Å²) in [6.45, 7) is 3.73. The van der Waals surface area contributed by atoms with Gasteiger partial charge in [-0.25, -0.2) is 0 Å². The fourth-order valence-corrected chi connectivity index (χ4v) is 1.55. The number of rotatable bonds is 2. The van der Waals surface area contributed by atoms with Crippen molar-refractivity contribution >= 4 is 17.3 Å². The number of nitrogen functional groups attached to an aromatic ring is 1. The Balaban J connectivity index is 2.18. The van der Waals surface area contributed by atoms with Gasteiger partial charge in [-0.15, -0.1) is 0 Å². The molecule has 0 fully saturated rings. The second-order valence-corrected chi connectivity index (χ2v) is 3.99. The maximum Gasteiger partial charge on any atom is 0.258 e. The van der Waals surface area contributed by atoms with Gasteiger partial charge >= 0.3 is 0 Å². The van der Waals surface area contributed by atoms with Crippen LogP contribution in [0.15, 0.2) is 34.9 Å². The summed E-state index contributed by atoms with van der Waals surface area (Å²) in [7, 11) is 0. The van der Waals surface area contributed by atoms with E-state index in [0.717, 1.165) is 5.56 Å². The molecule has 88 valence electrons. The highest BCUT2D eigenvalue weighted by Gasteiger charge is 2.10. The normalized spacial score (nSPS) is 10.2. The molecule has 0 aliphatic heterocycles. The van der Waals surface area contributed by atoms with E-state index in [0.29, 0.717) is 22.7 Å². The van der Waals surface area contributed by atoms with E-state index in [2.05, 4.69) is 5.32 Å². The van der Waals surface area contributed by atoms with Crippen molar-refractivity contribution in [3.05, 3.63) is 47.4 Å². The van der Waals surface area contributed by atoms with E-state index in [-0.39, 0.29) is 5.91 Å². The van der Waals surface area contributed by atoms with Crippen molar-refractivity contribution < 1.29 is 9.21 Å². The van der Waals surface area contributed by atoms with Crippen LogP contribution in [0.5, 0.6) is 0 Å². The molecule has 3 N–H and O–H groups in total. The minimum absolute atomic E-state index is 0.225. The van der Waals surface area contributed by atoms with Gasteiger partial charge in [0.25, 0.3) is 5.91 Å². The predicted molar refractivity (Wildman–Crippen MR) is 67.0 cm³/mol. The molecule has 4 heteroatoms. The molecule has 0 saturated heterocycles. The summed E-state index contributed by atoms with van der Waals surface area (Å²) in [5, 5.41) is 2.74. The van der Waals surface area contributed by atoms with Gasteiger partial charge in [0.1, 0.15) is 12.0 Å². The van der Waals surface area contributed by atoms with Gasteiger partial charge in [0.15, 0.2) is 0 Å². The van der Waals surface area contributed by atoms with Gasteiger partial charge < -0.3 is 15.5 Å². The third-order valence-corrected chi connectivity index (χ3v) is 2.45. The first-order valence-corrected chi connectivity index (χ1v) is 5.29. The molecule has 1 aromatic carbocycles. The molecule has 0 saturated carbocycles. The summed E-state index contributed by atoms with van der Waals surface area (Å²) < 4.78 is 5.08. The Morgan fingerprint density at radius 3 is 2.65 bits per heavy atom. The van der Waals surface area contributed by atoms with E-state index in [1.807, 2.05) is 19.1 Å². The highest BCUT2D eigenvalue weighted by atomic mass is 16.3. The molecule has 0 radical (unpaired) electrons. The number of furan rings is 1. The molecule has 0 aliphatic rings. The van der Waals surface area contributed by atoms with E-state index >= 15 is 0 Å². The summed E-state index contributed by atoms with van der Waals surface area (Å²) in [6, 6.07) is 7.18. The smallest absolute Gasteiger partial charge is 0.258 e. The maximum absolute atomic E-state index is 11.8. The van der Waals surface area contributed by atoms with Crippen molar-refractivity contribution in [2.75, 3.05) is 11.1 Å². The molecular weight excluding hydrogens is 216 g/mol. The maximum atomic E-state index is 11.8. The molecule has 4 nitrogen and oxygen atoms in total. The minimum atomic E-state index is -0.225. The topological polar surface area (TPSA) is 68.3 Å². The molecule has 0 atom stereocenters. The fourth-order valence-electron chi connectivity index (χ4n) is 1.55. The molecule has 17 heavy (non-hydrogen) atoms. The summed E-state index contributed by atoms with van der Waals surface area (Å²) in [5.74, 6) is 0.476. The number of nitrogens with one attached hydrogen (secondary N) is 1. The molecule has 0 unspecified atom stereocenters. The van der Waals surface area contributed by atoms with Crippen molar-refractivity contribution in [1.29, 1.82) is 0 Å². The van der Waals surface area contributed by atoms with Crippen LogP contribution in [0.2, 0.25) is 0 Å². The van der Waals surface area contributed by atoms with Gasteiger partial charge in [-0.2, -0.15) is 0 Å². The molecule has 0 aliphatic carbocycles. The van der Waals surface area contributed by atoms with Gasteiger partial charge in [-0.3, -0.25) is 4.79 Å². The van der Waals surface area contributed by atoms with Crippen molar-refractivity contribution in [3.8, 4) is 0 Å². The highest BCUT2D eigenvalue weighted by molar-refractivity contribution is 6.05. The van der Waals surface area contributed by atoms with E-state index < -0.39 is 0 Å². The minimum Gasteiger partial charge on any atom is -0.469 e. The number of hydrogen-bond donors (Lipinski definition) is 2. The van der Waals surface area contributed by atoms with Crippen LogP contribution >= 0.6 is 0 Å². The monoisotopic (exact) mass is 230 g/mol. The first kappa shape index (κ1) is 11.3. The predicted octanol–water partition coefficient (Wildman–Crippen LogP) is 2.73. The molecule has 1 heterocycles. The van der Waals surface area contributed by atoms with E-state index in [1.165, 1.54) is 6.26 Å². The van der Waals surface area contributed by atoms with Gasteiger partial charge in [-0.05, 0) is 37.6 Å². The summed E-state index contributed by atoms with van der Waals surface area (Å²) in [4.78, 5) is 11.8. The third-order valence-electron chi connectivity index (χ3n) is 2.45. The molecular formula is C13H14N2O2. The first-order chi connectivity index (χ1) is 8.06. The zero-order valence-corrected chi connectivity index (χ0v) is 9.78. The SMILES string of the molecule is Cc1ccc(NC(=O)c2coc(C)c2)c(N)c1. The first-order valence-electron chi connectivity index (χ1n) is 5.29. The number of anilines is 2. The lowest BCUT2D eigenvalue weighted by atomic mass is 10.2. The number of carbonyl (C=O) groups excluding carboxylic acids is 1. The van der Waals surface area contributed by atoms with E-state index in [1.54, 1.807) is 19.1 Å². The summed E-state index contributed by atoms with van der Waals surface area (Å²) in [5.41, 5.74) is 8.52. The zero-order chi connectivity index (χ0) is 12.4. The lowest BCUT2D eigenvalue weighted by Crippen LogP contribution is -2.12. The number of nitrogens with two attached hydrogens (primary N) is 1. The third kappa shape index (κ3) is 2.47. The molecule has 1 amide bonds. The van der Waals surface area contributed by atoms with Crippen molar-refractivity contribution in [2.45, 2.75) is 13.8 Å². The average Bonchev–Trinajstić information content (AvgIpc) is 2.69. The molecule has 2 rings (SSSR count). The molecule has 0 bridgehead atoms. The van der Waals surface area contributed by atoms with Crippen LogP contribution in [0.4, 0.5) is 11.4 Å². The van der Waals surface area contributed by atoms with Crippen LogP contribution in [-0.4, -0.2) is 5.91 Å². The quantitative estimate of drug-likeness (QED) is 0.779. The standard InChI is InChI=1S/C13H14N2O2/c1-8-3-4-12(11(14)5-8)15-13(16)10-6-9(2)17-7-10/h3-7H,14H2,1-2H3,(H,15,16). The van der Waals surface area contributed by atoms with Crippen LogP contribution in [0.3, 0.4) is 0 Å². The number of carbonyl (C=O) groups is 1. The zero-order valence-electron chi connectivity index (χ0n) is 9.78. The Hall–Kier alpha value is -2.23. The van der Waals surface area contributed by atoms with E-state index in [4.69, 9.17) is 10.2 Å². The molecule has 2 aromatic rings. The van der Waals surface area contributed by atoms with E-state index in [9.17, 15) is 4.79 Å².